The number of hydrogen-bond donors (Lipinski definition) is 2. The lowest BCUT2D eigenvalue weighted by Gasteiger charge is -2.14. The Morgan fingerprint density at radius 1 is 0.885 bits per heavy atom. The van der Waals surface area contributed by atoms with E-state index in [1.54, 1.807) is 0 Å². The number of nitrogens with one attached hydrogen (secondary N) is 2. The molecular formula is C21H25N5. The lowest BCUT2D eigenvalue weighted by atomic mass is 10.2. The molecule has 0 radical (unpaired) electrons. The Hall–Kier alpha value is -2.92. The quantitative estimate of drug-likeness (QED) is 0.672. The lowest BCUT2D eigenvalue weighted by Crippen LogP contribution is -2.21. The molecule has 134 valence electrons. The number of para-hydroxylation sites is 1. The highest BCUT2D eigenvalue weighted by atomic mass is 15.1. The smallest absolute Gasteiger partial charge is 0.163 e. The minimum Gasteiger partial charge on any atom is -0.369 e. The Labute approximate surface area is 155 Å². The van der Waals surface area contributed by atoms with E-state index < -0.39 is 0 Å². The number of nitrogens with zero attached hydrogens (tertiary/aromatic N) is 3. The van der Waals surface area contributed by atoms with E-state index in [2.05, 4.69) is 53.7 Å². The van der Waals surface area contributed by atoms with Crippen LogP contribution >= 0.6 is 0 Å². The van der Waals surface area contributed by atoms with Crippen molar-refractivity contribution < 1.29 is 0 Å². The van der Waals surface area contributed by atoms with Crippen LogP contribution in [0.2, 0.25) is 0 Å². The van der Waals surface area contributed by atoms with Crippen molar-refractivity contribution in [2.75, 3.05) is 37.8 Å². The summed E-state index contributed by atoms with van der Waals surface area (Å²) in [5.41, 5.74) is 3.22. The van der Waals surface area contributed by atoms with E-state index in [1.807, 2.05) is 48.5 Å². The summed E-state index contributed by atoms with van der Waals surface area (Å²) in [6, 6.07) is 20.2. The molecule has 1 heterocycles. The van der Waals surface area contributed by atoms with Gasteiger partial charge in [0.1, 0.15) is 11.6 Å². The van der Waals surface area contributed by atoms with Gasteiger partial charge in [-0.2, -0.15) is 0 Å². The van der Waals surface area contributed by atoms with Gasteiger partial charge < -0.3 is 15.5 Å². The van der Waals surface area contributed by atoms with Crippen LogP contribution in [0.4, 0.5) is 17.3 Å². The van der Waals surface area contributed by atoms with Gasteiger partial charge in [0.2, 0.25) is 0 Å². The third-order valence-corrected chi connectivity index (χ3v) is 4.03. The van der Waals surface area contributed by atoms with Gasteiger partial charge in [0, 0.05) is 30.4 Å². The monoisotopic (exact) mass is 347 g/mol. The van der Waals surface area contributed by atoms with Crippen LogP contribution in [0, 0.1) is 6.92 Å². The minimum absolute atomic E-state index is 0.705. The van der Waals surface area contributed by atoms with Crippen molar-refractivity contribution >= 4 is 17.3 Å². The van der Waals surface area contributed by atoms with E-state index in [0.29, 0.717) is 5.82 Å². The molecule has 0 atom stereocenters. The molecule has 0 aliphatic heterocycles. The molecule has 0 bridgehead atoms. The second kappa shape index (κ2) is 8.45. The van der Waals surface area contributed by atoms with E-state index in [4.69, 9.17) is 4.98 Å². The molecule has 0 saturated heterocycles. The number of aryl methyl sites for hydroxylation is 1. The summed E-state index contributed by atoms with van der Waals surface area (Å²) in [5.74, 6) is 2.30. The molecule has 0 amide bonds. The molecule has 0 fully saturated rings. The van der Waals surface area contributed by atoms with E-state index in [1.165, 1.54) is 5.56 Å². The number of hydrogen-bond acceptors (Lipinski definition) is 5. The Kier molecular flexibility index (Phi) is 5.81. The van der Waals surface area contributed by atoms with Crippen molar-refractivity contribution in [2.45, 2.75) is 6.92 Å². The second-order valence-electron chi connectivity index (χ2n) is 6.50. The number of benzene rings is 2. The van der Waals surface area contributed by atoms with Crippen LogP contribution in [0.1, 0.15) is 5.56 Å². The highest BCUT2D eigenvalue weighted by Gasteiger charge is 2.08. The Balaban J connectivity index is 1.90. The number of anilines is 3. The molecule has 5 heteroatoms. The van der Waals surface area contributed by atoms with Crippen LogP contribution in [-0.4, -0.2) is 42.1 Å². The minimum atomic E-state index is 0.705. The lowest BCUT2D eigenvalue weighted by molar-refractivity contribution is 0.425. The molecule has 0 aliphatic rings. The molecular weight excluding hydrogens is 322 g/mol. The van der Waals surface area contributed by atoms with Crippen LogP contribution in [0.3, 0.4) is 0 Å². The fourth-order valence-corrected chi connectivity index (χ4v) is 2.58. The van der Waals surface area contributed by atoms with Crippen LogP contribution in [0.5, 0.6) is 0 Å². The molecule has 26 heavy (non-hydrogen) atoms. The summed E-state index contributed by atoms with van der Waals surface area (Å²) in [7, 11) is 4.12. The van der Waals surface area contributed by atoms with Crippen LogP contribution < -0.4 is 10.6 Å². The largest absolute Gasteiger partial charge is 0.369 e. The maximum atomic E-state index is 4.71. The van der Waals surface area contributed by atoms with E-state index in [-0.39, 0.29) is 0 Å². The fourth-order valence-electron chi connectivity index (χ4n) is 2.58. The van der Waals surface area contributed by atoms with Gasteiger partial charge >= 0.3 is 0 Å². The Morgan fingerprint density at radius 3 is 2.31 bits per heavy atom. The summed E-state index contributed by atoms with van der Waals surface area (Å²) in [6.07, 6.45) is 0. The SMILES string of the molecule is Cc1ccccc1Nc1cc(NCCN(C)C)nc(-c2ccccc2)n1. The van der Waals surface area contributed by atoms with Crippen LogP contribution in [-0.2, 0) is 0 Å². The van der Waals surface area contributed by atoms with Gasteiger partial charge in [0.05, 0.1) is 0 Å². The zero-order valence-electron chi connectivity index (χ0n) is 15.5. The zero-order valence-corrected chi connectivity index (χ0v) is 15.5. The van der Waals surface area contributed by atoms with Crippen LogP contribution in [0.25, 0.3) is 11.4 Å². The van der Waals surface area contributed by atoms with Crippen LogP contribution in [0.15, 0.2) is 60.7 Å². The molecule has 2 N–H and O–H groups in total. The van der Waals surface area contributed by atoms with Crippen molar-refractivity contribution in [2.24, 2.45) is 0 Å². The van der Waals surface area contributed by atoms with Crippen molar-refractivity contribution in [1.82, 2.24) is 14.9 Å². The molecule has 3 rings (SSSR count). The average Bonchev–Trinajstić information content (AvgIpc) is 2.64. The van der Waals surface area contributed by atoms with Gasteiger partial charge in [0.25, 0.3) is 0 Å². The zero-order chi connectivity index (χ0) is 18.4. The van der Waals surface area contributed by atoms with Crippen molar-refractivity contribution in [3.63, 3.8) is 0 Å². The van der Waals surface area contributed by atoms with Crippen molar-refractivity contribution in [1.29, 1.82) is 0 Å². The van der Waals surface area contributed by atoms with E-state index >= 15 is 0 Å². The average molecular weight is 347 g/mol. The van der Waals surface area contributed by atoms with Gasteiger partial charge in [-0.25, -0.2) is 9.97 Å². The predicted octanol–water partition coefficient (Wildman–Crippen LogP) is 4.17. The maximum Gasteiger partial charge on any atom is 0.163 e. The normalized spacial score (nSPS) is 10.8. The predicted molar refractivity (Wildman–Crippen MR) is 109 cm³/mol. The highest BCUT2D eigenvalue weighted by Crippen LogP contribution is 2.24. The third-order valence-electron chi connectivity index (χ3n) is 4.03. The summed E-state index contributed by atoms with van der Waals surface area (Å²) in [6.45, 7) is 3.84. The number of rotatable bonds is 7. The van der Waals surface area contributed by atoms with Gasteiger partial charge in [-0.3, -0.25) is 0 Å². The van der Waals surface area contributed by atoms with Gasteiger partial charge in [-0.1, -0.05) is 48.5 Å². The first-order chi connectivity index (χ1) is 12.6. The first-order valence-corrected chi connectivity index (χ1v) is 8.77. The topological polar surface area (TPSA) is 53.1 Å². The molecule has 0 spiro atoms. The Morgan fingerprint density at radius 2 is 1.58 bits per heavy atom. The molecule has 3 aromatic rings. The Bertz CT molecular complexity index is 846. The first kappa shape index (κ1) is 17.9. The summed E-state index contributed by atoms with van der Waals surface area (Å²) >= 11 is 0. The second-order valence-corrected chi connectivity index (χ2v) is 6.50. The van der Waals surface area contributed by atoms with E-state index in [0.717, 1.165) is 36.0 Å². The molecule has 0 saturated carbocycles. The number of likely N-dealkylation sites (N-methyl/N-ethyl adjacent to an activating group) is 1. The summed E-state index contributed by atoms with van der Waals surface area (Å²) in [5, 5.41) is 6.81. The molecule has 0 aliphatic carbocycles. The van der Waals surface area contributed by atoms with Crippen molar-refractivity contribution in [3.8, 4) is 11.4 Å². The maximum absolute atomic E-state index is 4.71. The van der Waals surface area contributed by atoms with Gasteiger partial charge in [-0.05, 0) is 32.6 Å². The van der Waals surface area contributed by atoms with E-state index in [9.17, 15) is 0 Å². The van der Waals surface area contributed by atoms with Gasteiger partial charge in [-0.15, -0.1) is 0 Å². The molecule has 5 nitrogen and oxygen atoms in total. The fraction of sp³-hybridized carbons (Fsp3) is 0.238. The van der Waals surface area contributed by atoms with Gasteiger partial charge in [0.15, 0.2) is 5.82 Å². The highest BCUT2D eigenvalue weighted by molar-refractivity contribution is 5.66. The standard InChI is InChI=1S/C21H25N5/c1-16-9-7-8-12-18(16)23-20-15-19(22-13-14-26(2)3)24-21(25-20)17-10-5-4-6-11-17/h4-12,15H,13-14H2,1-3H3,(H2,22,23,24,25). The molecule has 1 aromatic heterocycles. The summed E-state index contributed by atoms with van der Waals surface area (Å²) in [4.78, 5) is 11.5. The first-order valence-electron chi connectivity index (χ1n) is 8.77. The van der Waals surface area contributed by atoms with Crippen molar-refractivity contribution in [3.05, 3.63) is 66.2 Å². The summed E-state index contributed by atoms with van der Waals surface area (Å²) < 4.78 is 0. The molecule has 2 aromatic carbocycles. The third kappa shape index (κ3) is 4.80. The number of aromatic nitrogens is 2. The molecule has 0 unspecified atom stereocenters.